The van der Waals surface area contributed by atoms with Crippen molar-refractivity contribution in [2.45, 2.75) is 64.6 Å². The Balaban J connectivity index is 1.75. The number of nitrogens with zero attached hydrogens (tertiary/aromatic N) is 3. The van der Waals surface area contributed by atoms with Crippen LogP contribution in [0.5, 0.6) is 0 Å². The number of carboxylic acids is 1. The van der Waals surface area contributed by atoms with E-state index in [1.165, 1.54) is 4.90 Å². The molecule has 1 aliphatic heterocycles. The minimum Gasteiger partial charge on any atom is -0.476 e. The largest absolute Gasteiger partial charge is 0.476 e. The van der Waals surface area contributed by atoms with Crippen molar-refractivity contribution in [3.8, 4) is 0 Å². The summed E-state index contributed by atoms with van der Waals surface area (Å²) in [4.78, 5) is 53.6. The lowest BCUT2D eigenvalue weighted by Crippen LogP contribution is -2.55. The summed E-state index contributed by atoms with van der Waals surface area (Å²) in [5, 5.41) is 10.6. The molecule has 1 aromatic carbocycles. The van der Waals surface area contributed by atoms with Gasteiger partial charge in [0.05, 0.1) is 12.1 Å². The molecule has 12 heteroatoms. The Morgan fingerprint density at radius 3 is 2.56 bits per heavy atom. The number of aryl methyl sites for hydroxylation is 1. The van der Waals surface area contributed by atoms with Gasteiger partial charge in [-0.1, -0.05) is 32.0 Å². The SMILES string of the molecule is COCOC1CCN(C(=O)N(C(=O)[C@@H](N)CC(C)C)[C@H](Cc2c[nH]c3ccccc23)c2nc(C(=O)O)c(C)[nH]2)CC1. The Labute approximate surface area is 239 Å². The summed E-state index contributed by atoms with van der Waals surface area (Å²) in [5.74, 6) is -1.40. The van der Waals surface area contributed by atoms with Crippen LogP contribution < -0.4 is 5.73 Å². The second-order valence-electron chi connectivity index (χ2n) is 11.0. The van der Waals surface area contributed by atoms with Gasteiger partial charge in [-0.15, -0.1) is 0 Å². The maximum atomic E-state index is 14.2. The highest BCUT2D eigenvalue weighted by Gasteiger charge is 2.40. The van der Waals surface area contributed by atoms with Gasteiger partial charge in [-0.3, -0.25) is 9.69 Å². The molecule has 3 amide bonds. The van der Waals surface area contributed by atoms with Crippen LogP contribution in [0.2, 0.25) is 0 Å². The highest BCUT2D eigenvalue weighted by Crippen LogP contribution is 2.31. The quantitative estimate of drug-likeness (QED) is 0.255. The number of carbonyl (C=O) groups excluding carboxylic acids is 2. The minimum atomic E-state index is -1.20. The van der Waals surface area contributed by atoms with Gasteiger partial charge in [0.1, 0.15) is 18.7 Å². The fraction of sp³-hybridized carbons (Fsp3) is 0.517. The van der Waals surface area contributed by atoms with Gasteiger partial charge in [0, 0.05) is 49.4 Å². The molecule has 12 nitrogen and oxygen atoms in total. The number of aromatic amines is 2. The molecular weight excluding hydrogens is 528 g/mol. The van der Waals surface area contributed by atoms with Gasteiger partial charge in [-0.05, 0) is 43.7 Å². The van der Waals surface area contributed by atoms with Gasteiger partial charge in [0.2, 0.25) is 5.91 Å². The molecule has 5 N–H and O–H groups in total. The molecule has 4 rings (SSSR count). The van der Waals surface area contributed by atoms with Gasteiger partial charge in [0.15, 0.2) is 5.69 Å². The van der Waals surface area contributed by atoms with Crippen LogP contribution in [-0.4, -0.2) is 86.9 Å². The number of amides is 3. The van der Waals surface area contributed by atoms with E-state index in [0.717, 1.165) is 16.5 Å². The monoisotopic (exact) mass is 568 g/mol. The lowest BCUT2D eigenvalue weighted by atomic mass is 9.99. The molecule has 3 heterocycles. The van der Waals surface area contributed by atoms with Gasteiger partial charge in [-0.2, -0.15) is 0 Å². The van der Waals surface area contributed by atoms with Crippen LogP contribution >= 0.6 is 0 Å². The summed E-state index contributed by atoms with van der Waals surface area (Å²) < 4.78 is 10.7. The van der Waals surface area contributed by atoms with E-state index in [-0.39, 0.29) is 36.8 Å². The topological polar surface area (TPSA) is 167 Å². The number of imidazole rings is 1. The molecule has 41 heavy (non-hydrogen) atoms. The molecule has 1 fully saturated rings. The first kappa shape index (κ1) is 30.2. The Kier molecular flexibility index (Phi) is 9.79. The first-order valence-corrected chi connectivity index (χ1v) is 13.9. The van der Waals surface area contributed by atoms with Crippen LogP contribution in [0.1, 0.15) is 66.7 Å². The number of H-pyrrole nitrogens is 2. The zero-order valence-corrected chi connectivity index (χ0v) is 24.1. The highest BCUT2D eigenvalue weighted by atomic mass is 16.7. The van der Waals surface area contributed by atoms with Crippen LogP contribution in [0.4, 0.5) is 4.79 Å². The number of likely N-dealkylation sites (tertiary alicyclic amines) is 1. The number of ether oxygens (including phenoxy) is 2. The second kappa shape index (κ2) is 13.3. The molecule has 222 valence electrons. The number of carbonyl (C=O) groups is 3. The van der Waals surface area contributed by atoms with E-state index in [1.807, 2.05) is 44.3 Å². The summed E-state index contributed by atoms with van der Waals surface area (Å²) in [7, 11) is 1.56. The molecule has 1 saturated heterocycles. The predicted molar refractivity (Wildman–Crippen MR) is 152 cm³/mol. The van der Waals surface area contributed by atoms with Crippen molar-refractivity contribution >= 4 is 28.8 Å². The minimum absolute atomic E-state index is 0.0563. The van der Waals surface area contributed by atoms with Crippen molar-refractivity contribution in [1.82, 2.24) is 24.8 Å². The zero-order chi connectivity index (χ0) is 29.7. The van der Waals surface area contributed by atoms with E-state index in [4.69, 9.17) is 15.2 Å². The van der Waals surface area contributed by atoms with Crippen molar-refractivity contribution in [2.24, 2.45) is 11.7 Å². The molecule has 1 aliphatic rings. The number of aromatic carboxylic acids is 1. The zero-order valence-electron chi connectivity index (χ0n) is 24.1. The van der Waals surface area contributed by atoms with Gasteiger partial charge < -0.3 is 35.2 Å². The lowest BCUT2D eigenvalue weighted by Gasteiger charge is -2.38. The molecule has 0 bridgehead atoms. The Hall–Kier alpha value is -3.74. The number of para-hydroxylation sites is 1. The van der Waals surface area contributed by atoms with E-state index in [9.17, 15) is 19.5 Å². The van der Waals surface area contributed by atoms with Crippen LogP contribution in [0.25, 0.3) is 10.9 Å². The van der Waals surface area contributed by atoms with E-state index in [0.29, 0.717) is 38.0 Å². The molecule has 2 atom stereocenters. The maximum Gasteiger partial charge on any atom is 0.356 e. The van der Waals surface area contributed by atoms with Crippen molar-refractivity contribution in [2.75, 3.05) is 27.0 Å². The number of nitrogens with two attached hydrogens (primary N) is 1. The van der Waals surface area contributed by atoms with E-state index >= 15 is 0 Å². The van der Waals surface area contributed by atoms with Crippen LogP contribution in [-0.2, 0) is 20.7 Å². The molecule has 0 saturated carbocycles. The third-order valence-electron chi connectivity index (χ3n) is 7.44. The number of benzene rings is 1. The second-order valence-corrected chi connectivity index (χ2v) is 11.0. The Bertz CT molecular complexity index is 1360. The van der Waals surface area contributed by atoms with Crippen molar-refractivity contribution in [3.63, 3.8) is 0 Å². The van der Waals surface area contributed by atoms with E-state index in [1.54, 1.807) is 18.9 Å². The molecule has 0 aliphatic carbocycles. The number of rotatable bonds is 11. The average Bonchev–Trinajstić information content (AvgIpc) is 3.54. The van der Waals surface area contributed by atoms with Crippen LogP contribution in [0, 0.1) is 12.8 Å². The molecule has 0 spiro atoms. The fourth-order valence-electron chi connectivity index (χ4n) is 5.37. The van der Waals surface area contributed by atoms with Crippen molar-refractivity contribution < 1.29 is 29.0 Å². The fourth-order valence-corrected chi connectivity index (χ4v) is 5.37. The first-order chi connectivity index (χ1) is 19.6. The highest BCUT2D eigenvalue weighted by molar-refractivity contribution is 5.98. The van der Waals surface area contributed by atoms with E-state index in [2.05, 4.69) is 15.0 Å². The summed E-state index contributed by atoms with van der Waals surface area (Å²) in [6.07, 6.45) is 3.55. The molecule has 3 aromatic rings. The number of urea groups is 1. The third-order valence-corrected chi connectivity index (χ3v) is 7.44. The number of nitrogens with one attached hydrogen (secondary N) is 2. The van der Waals surface area contributed by atoms with Crippen LogP contribution in [0.15, 0.2) is 30.5 Å². The predicted octanol–water partition coefficient (Wildman–Crippen LogP) is 3.59. The van der Waals surface area contributed by atoms with Crippen molar-refractivity contribution in [1.29, 1.82) is 0 Å². The first-order valence-electron chi connectivity index (χ1n) is 13.9. The van der Waals surface area contributed by atoms with Crippen molar-refractivity contribution in [3.05, 3.63) is 53.2 Å². The lowest BCUT2D eigenvalue weighted by molar-refractivity contribution is -0.133. The number of aromatic nitrogens is 3. The summed E-state index contributed by atoms with van der Waals surface area (Å²) >= 11 is 0. The standard InChI is InChI=1S/C29H40N6O6/c1-17(2)13-22(30)27(36)35(29(39)34-11-9-20(10-12-34)41-16-40-4)24(26-32-18(3)25(33-26)28(37)38)14-19-15-31-23-8-6-5-7-21(19)23/h5-8,15,17,20,22,24,31H,9-14,16,30H2,1-4H3,(H,32,33)(H,37,38)/t22-,24+/m0/s1. The van der Waals surface area contributed by atoms with Gasteiger partial charge in [-0.25, -0.2) is 14.6 Å². The third kappa shape index (κ3) is 6.95. The molecule has 2 aromatic heterocycles. The number of hydrogen-bond donors (Lipinski definition) is 4. The molecular formula is C29H40N6O6. The summed E-state index contributed by atoms with van der Waals surface area (Å²) in [6, 6.07) is 5.38. The number of fused-ring (bicyclic) bond motifs is 1. The number of piperidine rings is 1. The normalized spacial score (nSPS) is 15.8. The number of methoxy groups -OCH3 is 1. The number of imide groups is 1. The van der Waals surface area contributed by atoms with Gasteiger partial charge >= 0.3 is 12.0 Å². The Morgan fingerprint density at radius 1 is 1.22 bits per heavy atom. The molecule has 0 radical (unpaired) electrons. The number of carboxylic acid groups (broad SMARTS) is 1. The maximum absolute atomic E-state index is 14.2. The van der Waals surface area contributed by atoms with E-state index < -0.39 is 30.0 Å². The Morgan fingerprint density at radius 2 is 1.93 bits per heavy atom. The van der Waals surface area contributed by atoms with Gasteiger partial charge in [0.25, 0.3) is 0 Å². The van der Waals surface area contributed by atoms with Crippen LogP contribution in [0.3, 0.4) is 0 Å². The number of hydrogen-bond acceptors (Lipinski definition) is 7. The average molecular weight is 569 g/mol. The summed E-state index contributed by atoms with van der Waals surface area (Å²) in [6.45, 7) is 6.46. The summed E-state index contributed by atoms with van der Waals surface area (Å²) in [5.41, 5.74) is 8.33. The molecule has 0 unspecified atom stereocenters. The smallest absolute Gasteiger partial charge is 0.356 e.